The molecular formula is C11H15FN2O4S. The number of benzene rings is 1. The molecule has 0 saturated heterocycles. The highest BCUT2D eigenvalue weighted by Gasteiger charge is 2.22. The Bertz CT molecular complexity index is 574. The van der Waals surface area contributed by atoms with Crippen LogP contribution < -0.4 is 9.44 Å². The van der Waals surface area contributed by atoms with E-state index in [-0.39, 0.29) is 23.4 Å². The van der Waals surface area contributed by atoms with E-state index in [0.717, 1.165) is 4.31 Å². The van der Waals surface area contributed by atoms with Gasteiger partial charge in [-0.25, -0.2) is 14.9 Å². The standard InChI is InChI=1S/C11H15FN2O4S/c1-3-7-14(19(13,16)17)10-6-4-5-9(8(10)2)11(15)18-12/h4-6H,3,7H2,1-2H3,(H2,13,16,17). The van der Waals surface area contributed by atoms with Gasteiger partial charge in [-0.2, -0.15) is 8.42 Å². The van der Waals surface area contributed by atoms with E-state index < -0.39 is 16.2 Å². The topological polar surface area (TPSA) is 89.7 Å². The quantitative estimate of drug-likeness (QED) is 0.888. The first-order chi connectivity index (χ1) is 8.82. The lowest BCUT2D eigenvalue weighted by molar-refractivity contribution is -0.0788. The molecule has 0 spiro atoms. The SMILES string of the molecule is CCCN(c1cccc(C(=O)OF)c1C)S(N)(=O)=O. The van der Waals surface area contributed by atoms with Crippen LogP contribution >= 0.6 is 0 Å². The molecule has 0 aliphatic carbocycles. The van der Waals surface area contributed by atoms with Crippen LogP contribution in [0.4, 0.5) is 10.2 Å². The molecule has 1 aromatic rings. The van der Waals surface area contributed by atoms with Crippen LogP contribution in [-0.4, -0.2) is 20.9 Å². The van der Waals surface area contributed by atoms with Gasteiger partial charge in [0.25, 0.3) is 10.2 Å². The molecule has 0 bridgehead atoms. The van der Waals surface area contributed by atoms with Crippen molar-refractivity contribution in [2.45, 2.75) is 20.3 Å². The molecule has 0 heterocycles. The van der Waals surface area contributed by atoms with Gasteiger partial charge in [0.1, 0.15) is 0 Å². The average molecular weight is 290 g/mol. The predicted octanol–water partition coefficient (Wildman–Crippen LogP) is 1.46. The molecule has 0 aromatic heterocycles. The Labute approximate surface area is 111 Å². The highest BCUT2D eigenvalue weighted by Crippen LogP contribution is 2.25. The first kappa shape index (κ1) is 15.4. The molecule has 0 amide bonds. The molecule has 0 atom stereocenters. The second-order valence-electron chi connectivity index (χ2n) is 3.93. The summed E-state index contributed by atoms with van der Waals surface area (Å²) in [6.07, 6.45) is 0.535. The Balaban J connectivity index is 3.37. The van der Waals surface area contributed by atoms with Gasteiger partial charge in [-0.05, 0) is 31.0 Å². The Morgan fingerprint density at radius 1 is 1.47 bits per heavy atom. The maximum Gasteiger partial charge on any atom is 0.379 e. The number of halogens is 1. The first-order valence-corrected chi connectivity index (χ1v) is 7.06. The number of carbonyl (C=O) groups excluding carboxylic acids is 1. The lowest BCUT2D eigenvalue weighted by Gasteiger charge is -2.23. The normalized spacial score (nSPS) is 11.2. The predicted molar refractivity (Wildman–Crippen MR) is 68.4 cm³/mol. The van der Waals surface area contributed by atoms with Gasteiger partial charge >= 0.3 is 5.97 Å². The number of carbonyl (C=O) groups is 1. The molecule has 6 nitrogen and oxygen atoms in total. The molecule has 8 heteroatoms. The molecule has 0 fully saturated rings. The van der Waals surface area contributed by atoms with Crippen molar-refractivity contribution < 1.29 is 22.7 Å². The minimum absolute atomic E-state index is 0.0512. The molecule has 1 rings (SSSR count). The summed E-state index contributed by atoms with van der Waals surface area (Å²) in [5, 5.41) is 5.13. The monoisotopic (exact) mass is 290 g/mol. The number of anilines is 1. The Morgan fingerprint density at radius 2 is 2.11 bits per heavy atom. The summed E-state index contributed by atoms with van der Waals surface area (Å²) in [7, 11) is -3.96. The highest BCUT2D eigenvalue weighted by atomic mass is 32.2. The number of hydrogen-bond acceptors (Lipinski definition) is 4. The van der Waals surface area contributed by atoms with Gasteiger partial charge < -0.3 is 0 Å². The van der Waals surface area contributed by atoms with Gasteiger partial charge in [-0.1, -0.05) is 13.0 Å². The van der Waals surface area contributed by atoms with Crippen LogP contribution in [0.1, 0.15) is 29.3 Å². The largest absolute Gasteiger partial charge is 0.379 e. The van der Waals surface area contributed by atoms with Crippen LogP contribution in [0, 0.1) is 6.92 Å². The average Bonchev–Trinajstić information content (AvgIpc) is 2.34. The van der Waals surface area contributed by atoms with Crippen molar-refractivity contribution >= 4 is 21.9 Å². The maximum atomic E-state index is 12.0. The van der Waals surface area contributed by atoms with Gasteiger partial charge in [0.15, 0.2) is 0 Å². The van der Waals surface area contributed by atoms with E-state index in [1.807, 2.05) is 0 Å². The zero-order chi connectivity index (χ0) is 14.6. The number of hydrogen-bond donors (Lipinski definition) is 1. The lowest BCUT2D eigenvalue weighted by atomic mass is 10.1. The van der Waals surface area contributed by atoms with E-state index in [4.69, 9.17) is 5.14 Å². The van der Waals surface area contributed by atoms with Crippen molar-refractivity contribution in [2.75, 3.05) is 10.8 Å². The molecule has 0 unspecified atom stereocenters. The van der Waals surface area contributed by atoms with E-state index >= 15 is 0 Å². The van der Waals surface area contributed by atoms with Crippen molar-refractivity contribution in [3.05, 3.63) is 29.3 Å². The lowest BCUT2D eigenvalue weighted by Crippen LogP contribution is -2.38. The molecule has 0 radical (unpaired) electrons. The van der Waals surface area contributed by atoms with Crippen LogP contribution in [0.3, 0.4) is 0 Å². The molecule has 0 aliphatic heterocycles. The zero-order valence-corrected chi connectivity index (χ0v) is 11.4. The third-order valence-corrected chi connectivity index (χ3v) is 3.59. The van der Waals surface area contributed by atoms with Gasteiger partial charge in [0.2, 0.25) is 0 Å². The smallest absolute Gasteiger partial charge is 0.258 e. The second-order valence-corrected chi connectivity index (χ2v) is 5.40. The van der Waals surface area contributed by atoms with Crippen LogP contribution in [0.5, 0.6) is 0 Å². The van der Waals surface area contributed by atoms with Gasteiger partial charge in [-0.3, -0.25) is 4.31 Å². The number of nitrogens with two attached hydrogens (primary N) is 1. The van der Waals surface area contributed by atoms with E-state index in [0.29, 0.717) is 6.42 Å². The maximum absolute atomic E-state index is 12.0. The van der Waals surface area contributed by atoms with Crippen molar-refractivity contribution in [3.63, 3.8) is 0 Å². The van der Waals surface area contributed by atoms with Crippen LogP contribution in [0.2, 0.25) is 0 Å². The van der Waals surface area contributed by atoms with Gasteiger partial charge in [0.05, 0.1) is 11.3 Å². The zero-order valence-electron chi connectivity index (χ0n) is 10.6. The Morgan fingerprint density at radius 3 is 2.58 bits per heavy atom. The fraction of sp³-hybridized carbons (Fsp3) is 0.364. The van der Waals surface area contributed by atoms with Crippen molar-refractivity contribution in [1.29, 1.82) is 0 Å². The van der Waals surface area contributed by atoms with Gasteiger partial charge in [0, 0.05) is 11.1 Å². The van der Waals surface area contributed by atoms with Crippen LogP contribution in [0.15, 0.2) is 18.2 Å². The van der Waals surface area contributed by atoms with Gasteiger partial charge in [-0.15, -0.1) is 0 Å². The van der Waals surface area contributed by atoms with Crippen LogP contribution in [0.25, 0.3) is 0 Å². The Kier molecular flexibility index (Phi) is 4.84. The van der Waals surface area contributed by atoms with E-state index in [1.54, 1.807) is 6.92 Å². The summed E-state index contributed by atoms with van der Waals surface area (Å²) >= 11 is 0. The second kappa shape index (κ2) is 5.98. The molecule has 0 aliphatic rings. The Hall–Kier alpha value is -1.67. The summed E-state index contributed by atoms with van der Waals surface area (Å²) < 4.78 is 36.0. The van der Waals surface area contributed by atoms with Crippen LogP contribution in [-0.2, 0) is 15.2 Å². The van der Waals surface area contributed by atoms with Crippen molar-refractivity contribution in [1.82, 2.24) is 0 Å². The fourth-order valence-electron chi connectivity index (χ4n) is 1.74. The third-order valence-electron chi connectivity index (χ3n) is 2.60. The summed E-state index contributed by atoms with van der Waals surface area (Å²) in [6.45, 7) is 3.44. The minimum atomic E-state index is -3.96. The number of rotatable bonds is 5. The number of nitrogens with zero attached hydrogens (tertiary/aromatic N) is 1. The molecular weight excluding hydrogens is 275 g/mol. The van der Waals surface area contributed by atoms with Crippen molar-refractivity contribution in [2.24, 2.45) is 5.14 Å². The van der Waals surface area contributed by atoms with E-state index in [9.17, 15) is 17.7 Å². The molecule has 106 valence electrons. The van der Waals surface area contributed by atoms with Crippen molar-refractivity contribution in [3.8, 4) is 0 Å². The minimum Gasteiger partial charge on any atom is -0.258 e. The first-order valence-electron chi connectivity index (χ1n) is 5.56. The summed E-state index contributed by atoms with van der Waals surface area (Å²) in [4.78, 5) is 14.4. The third kappa shape index (κ3) is 3.42. The molecule has 2 N–H and O–H groups in total. The fourth-order valence-corrected chi connectivity index (χ4v) is 2.65. The summed E-state index contributed by atoms with van der Waals surface area (Å²) in [5.41, 5.74) is 0.463. The highest BCUT2D eigenvalue weighted by molar-refractivity contribution is 7.90. The van der Waals surface area contributed by atoms with E-state index in [2.05, 4.69) is 4.94 Å². The molecule has 19 heavy (non-hydrogen) atoms. The summed E-state index contributed by atoms with van der Waals surface area (Å²) in [5.74, 6) is -1.18. The molecule has 0 saturated carbocycles. The molecule has 1 aromatic carbocycles. The van der Waals surface area contributed by atoms with E-state index in [1.165, 1.54) is 25.1 Å². The summed E-state index contributed by atoms with van der Waals surface area (Å²) in [6, 6.07) is 4.26.